The van der Waals surface area contributed by atoms with Crippen LogP contribution in [-0.2, 0) is 19.2 Å². The quantitative estimate of drug-likeness (QED) is 0.533. The fourth-order valence-corrected chi connectivity index (χ4v) is 6.30. The summed E-state index contributed by atoms with van der Waals surface area (Å²) < 4.78 is 5.02. The van der Waals surface area contributed by atoms with E-state index in [1.54, 1.807) is 31.2 Å². The minimum atomic E-state index is -0.425. The van der Waals surface area contributed by atoms with E-state index in [1.165, 1.54) is 10.5 Å². The number of amides is 2. The summed E-state index contributed by atoms with van der Waals surface area (Å²) in [6.45, 7) is 4.07. The molecule has 0 radical (unpaired) electrons. The number of ether oxygens (including phenoxy) is 1. The van der Waals surface area contributed by atoms with Crippen molar-refractivity contribution in [3.63, 3.8) is 0 Å². The Morgan fingerprint density at radius 2 is 1.67 bits per heavy atom. The van der Waals surface area contributed by atoms with Gasteiger partial charge < -0.3 is 9.57 Å². The number of hydrogen-bond donors (Lipinski definition) is 0. The number of aryl methyl sites for hydroxylation is 1. The van der Waals surface area contributed by atoms with Crippen molar-refractivity contribution < 1.29 is 24.0 Å². The average molecular weight is 444 g/mol. The van der Waals surface area contributed by atoms with Crippen molar-refractivity contribution in [3.05, 3.63) is 65.2 Å². The van der Waals surface area contributed by atoms with Crippen molar-refractivity contribution in [1.29, 1.82) is 0 Å². The summed E-state index contributed by atoms with van der Waals surface area (Å²) in [4.78, 5) is 46.0. The summed E-state index contributed by atoms with van der Waals surface area (Å²) in [6, 6.07) is 14.7. The fourth-order valence-electron chi connectivity index (χ4n) is 6.30. The van der Waals surface area contributed by atoms with Gasteiger partial charge in [0.15, 0.2) is 0 Å². The molecule has 4 aliphatic rings. The van der Waals surface area contributed by atoms with Gasteiger partial charge in [-0.2, -0.15) is 0 Å². The molecule has 2 aliphatic heterocycles. The van der Waals surface area contributed by atoms with E-state index < -0.39 is 5.97 Å². The standard InChI is InChI=1S/C26H24N2O5/c1-3-32-26(31)15-8-10-16(11-9-15)28-24(29)19-17-12-18(20(19)25(28)30)23-21(17)22(27-33-23)14-6-4-13(2)5-7-14/h4-11,17-21,23H,3,12H2,1-2H3/t17-,18+,19+,20+,21+,23-/m1/s1. The van der Waals surface area contributed by atoms with Crippen molar-refractivity contribution in [2.75, 3.05) is 11.5 Å². The Bertz CT molecular complexity index is 1190. The molecule has 7 heteroatoms. The second-order valence-electron chi connectivity index (χ2n) is 9.33. The Balaban J connectivity index is 1.28. The Labute approximate surface area is 191 Å². The number of carbonyl (C=O) groups is 3. The maximum atomic E-state index is 13.5. The molecule has 33 heavy (non-hydrogen) atoms. The van der Waals surface area contributed by atoms with Gasteiger partial charge >= 0.3 is 5.97 Å². The van der Waals surface area contributed by atoms with Crippen molar-refractivity contribution in [2.24, 2.45) is 34.7 Å². The molecule has 0 N–H and O–H groups in total. The average Bonchev–Trinajstić information content (AvgIpc) is 3.55. The lowest BCUT2D eigenvalue weighted by molar-refractivity contribution is -0.125. The molecule has 7 nitrogen and oxygen atoms in total. The minimum absolute atomic E-state index is 0.0167. The first-order chi connectivity index (χ1) is 16.0. The van der Waals surface area contributed by atoms with E-state index in [9.17, 15) is 14.4 Å². The first-order valence-corrected chi connectivity index (χ1v) is 11.5. The van der Waals surface area contributed by atoms with E-state index in [2.05, 4.69) is 5.16 Å². The van der Waals surface area contributed by atoms with Gasteiger partial charge in [0.2, 0.25) is 11.8 Å². The monoisotopic (exact) mass is 444 g/mol. The van der Waals surface area contributed by atoms with Crippen molar-refractivity contribution >= 4 is 29.2 Å². The van der Waals surface area contributed by atoms with Crippen LogP contribution in [0.25, 0.3) is 0 Å². The molecule has 168 valence electrons. The molecule has 6 atom stereocenters. The van der Waals surface area contributed by atoms with Crippen LogP contribution in [-0.4, -0.2) is 36.2 Å². The summed E-state index contributed by atoms with van der Waals surface area (Å²) in [7, 11) is 0. The molecular formula is C26H24N2O5. The Kier molecular flexibility index (Phi) is 4.44. The first-order valence-electron chi connectivity index (χ1n) is 11.5. The van der Waals surface area contributed by atoms with Gasteiger partial charge in [-0.25, -0.2) is 4.79 Å². The second kappa shape index (κ2) is 7.27. The van der Waals surface area contributed by atoms with Gasteiger partial charge in [-0.05, 0) is 56.0 Å². The van der Waals surface area contributed by atoms with Gasteiger partial charge in [0.05, 0.1) is 35.4 Å². The van der Waals surface area contributed by atoms with Crippen LogP contribution in [0, 0.1) is 36.5 Å². The maximum Gasteiger partial charge on any atom is 0.338 e. The highest BCUT2D eigenvalue weighted by Crippen LogP contribution is 2.62. The van der Waals surface area contributed by atoms with Crippen LogP contribution >= 0.6 is 0 Å². The largest absolute Gasteiger partial charge is 0.462 e. The first kappa shape index (κ1) is 20.1. The van der Waals surface area contributed by atoms with Crippen LogP contribution < -0.4 is 4.90 Å². The number of oxime groups is 1. The van der Waals surface area contributed by atoms with Gasteiger partial charge in [-0.15, -0.1) is 0 Å². The molecule has 1 saturated heterocycles. The highest BCUT2D eigenvalue weighted by atomic mass is 16.6. The van der Waals surface area contributed by atoms with Gasteiger partial charge in [0, 0.05) is 11.8 Å². The van der Waals surface area contributed by atoms with Crippen molar-refractivity contribution in [2.45, 2.75) is 26.4 Å². The van der Waals surface area contributed by atoms with E-state index in [1.807, 2.05) is 31.2 Å². The number of rotatable bonds is 4. The highest BCUT2D eigenvalue weighted by Gasteiger charge is 2.70. The minimum Gasteiger partial charge on any atom is -0.462 e. The fraction of sp³-hybridized carbons (Fsp3) is 0.385. The predicted molar refractivity (Wildman–Crippen MR) is 120 cm³/mol. The molecule has 6 rings (SSSR count). The van der Waals surface area contributed by atoms with Gasteiger partial charge in [-0.1, -0.05) is 35.0 Å². The topological polar surface area (TPSA) is 85.3 Å². The molecule has 2 aromatic rings. The second-order valence-corrected chi connectivity index (χ2v) is 9.33. The van der Waals surface area contributed by atoms with E-state index in [0.717, 1.165) is 17.7 Å². The van der Waals surface area contributed by atoms with Crippen LogP contribution in [0.1, 0.15) is 34.8 Å². The van der Waals surface area contributed by atoms with E-state index in [-0.39, 0.29) is 54.1 Å². The van der Waals surface area contributed by atoms with E-state index in [0.29, 0.717) is 11.3 Å². The van der Waals surface area contributed by atoms with Crippen LogP contribution in [0.4, 0.5) is 5.69 Å². The number of anilines is 1. The molecule has 3 fully saturated rings. The molecule has 0 unspecified atom stereocenters. The maximum absolute atomic E-state index is 13.5. The number of imide groups is 1. The highest BCUT2D eigenvalue weighted by molar-refractivity contribution is 6.23. The number of benzene rings is 2. The lowest BCUT2D eigenvalue weighted by Gasteiger charge is -2.29. The number of hydrogen-bond acceptors (Lipinski definition) is 6. The molecule has 2 aliphatic carbocycles. The summed E-state index contributed by atoms with van der Waals surface area (Å²) in [5.74, 6) is -1.44. The van der Waals surface area contributed by atoms with Crippen LogP contribution in [0.5, 0.6) is 0 Å². The molecule has 0 spiro atoms. The van der Waals surface area contributed by atoms with Gasteiger partial charge in [0.25, 0.3) is 0 Å². The third kappa shape index (κ3) is 2.81. The smallest absolute Gasteiger partial charge is 0.338 e. The number of fused-ring (bicyclic) bond motifs is 8. The van der Waals surface area contributed by atoms with E-state index >= 15 is 0 Å². The number of esters is 1. The summed E-state index contributed by atoms with van der Waals surface area (Å²) in [5.41, 5.74) is 3.96. The zero-order chi connectivity index (χ0) is 22.9. The third-order valence-corrected chi connectivity index (χ3v) is 7.67. The van der Waals surface area contributed by atoms with Crippen LogP contribution in [0.3, 0.4) is 0 Å². The molecule has 0 aromatic heterocycles. The van der Waals surface area contributed by atoms with Crippen molar-refractivity contribution in [3.8, 4) is 0 Å². The van der Waals surface area contributed by atoms with Crippen LogP contribution in [0.2, 0.25) is 0 Å². The lowest BCUT2D eigenvalue weighted by atomic mass is 9.71. The summed E-state index contributed by atoms with van der Waals surface area (Å²) in [5, 5.41) is 4.39. The lowest BCUT2D eigenvalue weighted by Crippen LogP contribution is -2.41. The normalized spacial score (nSPS) is 31.3. The van der Waals surface area contributed by atoms with E-state index in [4.69, 9.17) is 9.57 Å². The molecule has 2 saturated carbocycles. The van der Waals surface area contributed by atoms with Gasteiger partial charge in [-0.3, -0.25) is 14.5 Å². The predicted octanol–water partition coefficient (Wildman–Crippen LogP) is 3.35. The molecule has 2 aromatic carbocycles. The van der Waals surface area contributed by atoms with Gasteiger partial charge in [0.1, 0.15) is 6.10 Å². The summed E-state index contributed by atoms with van der Waals surface area (Å²) in [6.07, 6.45) is 0.651. The van der Waals surface area contributed by atoms with Crippen LogP contribution in [0.15, 0.2) is 53.7 Å². The Morgan fingerprint density at radius 3 is 2.33 bits per heavy atom. The molecular weight excluding hydrogens is 420 g/mol. The Hall–Kier alpha value is -3.48. The zero-order valence-corrected chi connectivity index (χ0v) is 18.4. The molecule has 2 bridgehead atoms. The Morgan fingerprint density at radius 1 is 1.00 bits per heavy atom. The SMILES string of the molecule is CCOC(=O)c1ccc(N2C(=O)[C@H]3[C@@H]4C[C@@H]([C@H]5C(c6ccc(C)cc6)=NO[C@H]45)[C@@H]3C2=O)cc1. The number of nitrogens with zero attached hydrogens (tertiary/aromatic N) is 2. The molecule has 2 heterocycles. The number of carbonyl (C=O) groups excluding carboxylic acids is 3. The zero-order valence-electron chi connectivity index (χ0n) is 18.4. The summed E-state index contributed by atoms with van der Waals surface area (Å²) >= 11 is 0. The third-order valence-electron chi connectivity index (χ3n) is 7.67. The molecule has 2 amide bonds. The van der Waals surface area contributed by atoms with Crippen molar-refractivity contribution in [1.82, 2.24) is 0 Å².